The average Bonchev–Trinajstić information content (AvgIpc) is 3.07. The molecule has 0 saturated heterocycles. The minimum Gasteiger partial charge on any atom is -0.379 e. The fourth-order valence-electron chi connectivity index (χ4n) is 3.78. The van der Waals surface area contributed by atoms with Gasteiger partial charge in [0.05, 0.1) is 5.54 Å². The summed E-state index contributed by atoms with van der Waals surface area (Å²) in [5.74, 6) is 1.26. The standard InChI is InChI=1S/C18H19N5OS/c19-17-23-18(7-2-4-13(18)10-25-17)12-3-1-5-14(9-12)22-16(24)15-6-8-20-11-21-15/h1,3,5-6,8-9,11,13H,2,4,7,10H2,(H2,19,23)(H,22,24)/t13?,18-/m1/s1. The number of carbonyl (C=O) groups excluding carboxylic acids is 1. The van der Waals surface area contributed by atoms with Gasteiger partial charge in [-0.25, -0.2) is 9.97 Å². The minimum absolute atomic E-state index is 0.245. The predicted octanol–water partition coefficient (Wildman–Crippen LogP) is 2.79. The normalized spacial score (nSPS) is 25.1. The maximum atomic E-state index is 12.3. The minimum atomic E-state index is -0.248. The van der Waals surface area contributed by atoms with Crippen molar-refractivity contribution in [3.63, 3.8) is 0 Å². The van der Waals surface area contributed by atoms with Gasteiger partial charge in [-0.3, -0.25) is 9.79 Å². The van der Waals surface area contributed by atoms with Crippen LogP contribution >= 0.6 is 11.8 Å². The molecule has 1 aliphatic heterocycles. The van der Waals surface area contributed by atoms with E-state index in [2.05, 4.69) is 21.4 Å². The molecule has 1 saturated carbocycles. The molecule has 2 aliphatic rings. The van der Waals surface area contributed by atoms with Gasteiger partial charge in [0.15, 0.2) is 5.17 Å². The summed E-state index contributed by atoms with van der Waals surface area (Å²) in [4.78, 5) is 25.0. The molecule has 0 bridgehead atoms. The van der Waals surface area contributed by atoms with Gasteiger partial charge in [0.1, 0.15) is 12.0 Å². The number of nitrogens with two attached hydrogens (primary N) is 1. The van der Waals surface area contributed by atoms with Crippen molar-refractivity contribution in [3.05, 3.63) is 54.1 Å². The van der Waals surface area contributed by atoms with Crippen molar-refractivity contribution in [2.75, 3.05) is 11.1 Å². The van der Waals surface area contributed by atoms with Gasteiger partial charge in [0.2, 0.25) is 0 Å². The van der Waals surface area contributed by atoms with Crippen molar-refractivity contribution in [1.29, 1.82) is 0 Å². The largest absolute Gasteiger partial charge is 0.379 e. The topological polar surface area (TPSA) is 93.3 Å². The Labute approximate surface area is 150 Å². The number of aliphatic imine (C=N–C) groups is 1. The summed E-state index contributed by atoms with van der Waals surface area (Å²) in [6.07, 6.45) is 6.24. The van der Waals surface area contributed by atoms with Crippen molar-refractivity contribution in [2.45, 2.75) is 24.8 Å². The monoisotopic (exact) mass is 353 g/mol. The highest BCUT2D eigenvalue weighted by Crippen LogP contribution is 2.50. The SMILES string of the molecule is NC1=N[C@@]2(c3cccc(NC(=O)c4ccncn4)c3)CCCC2CS1. The number of nitrogens with zero attached hydrogens (tertiary/aromatic N) is 3. The van der Waals surface area contributed by atoms with E-state index in [1.54, 1.807) is 24.0 Å². The molecule has 128 valence electrons. The first-order chi connectivity index (χ1) is 12.2. The predicted molar refractivity (Wildman–Crippen MR) is 99.5 cm³/mol. The number of carbonyl (C=O) groups is 1. The lowest BCUT2D eigenvalue weighted by atomic mass is 9.81. The maximum Gasteiger partial charge on any atom is 0.274 e. The highest BCUT2D eigenvalue weighted by Gasteiger charge is 2.46. The van der Waals surface area contributed by atoms with Crippen LogP contribution in [0.1, 0.15) is 35.3 Å². The number of nitrogens with one attached hydrogen (secondary N) is 1. The Bertz CT molecular complexity index is 825. The number of amidine groups is 1. The Morgan fingerprint density at radius 2 is 2.28 bits per heavy atom. The van der Waals surface area contributed by atoms with E-state index in [1.165, 1.54) is 12.7 Å². The van der Waals surface area contributed by atoms with Crippen LogP contribution in [0.4, 0.5) is 5.69 Å². The van der Waals surface area contributed by atoms with E-state index < -0.39 is 0 Å². The third-order valence-electron chi connectivity index (χ3n) is 4.96. The molecule has 2 heterocycles. The van der Waals surface area contributed by atoms with E-state index in [4.69, 9.17) is 10.7 Å². The second-order valence-electron chi connectivity index (χ2n) is 6.40. The van der Waals surface area contributed by atoms with Crippen LogP contribution in [-0.4, -0.2) is 26.8 Å². The molecular weight excluding hydrogens is 334 g/mol. The number of hydrogen-bond acceptors (Lipinski definition) is 6. The Balaban J connectivity index is 1.64. The summed E-state index contributed by atoms with van der Waals surface area (Å²) < 4.78 is 0. The number of anilines is 1. The van der Waals surface area contributed by atoms with Crippen molar-refractivity contribution in [3.8, 4) is 0 Å². The summed E-state index contributed by atoms with van der Waals surface area (Å²) in [5, 5.41) is 3.57. The molecule has 0 radical (unpaired) electrons. The molecule has 2 aromatic rings. The van der Waals surface area contributed by atoms with Crippen LogP contribution < -0.4 is 11.1 Å². The zero-order valence-electron chi connectivity index (χ0n) is 13.7. The van der Waals surface area contributed by atoms with Crippen molar-refractivity contribution in [2.24, 2.45) is 16.6 Å². The molecule has 2 atom stereocenters. The van der Waals surface area contributed by atoms with Crippen LogP contribution in [-0.2, 0) is 5.54 Å². The summed E-state index contributed by atoms with van der Waals surface area (Å²) >= 11 is 1.64. The van der Waals surface area contributed by atoms with Crippen LogP contribution in [0.5, 0.6) is 0 Å². The first kappa shape index (κ1) is 16.1. The fourth-order valence-corrected chi connectivity index (χ4v) is 4.82. The van der Waals surface area contributed by atoms with Crippen LogP contribution in [0.25, 0.3) is 0 Å². The molecule has 25 heavy (non-hydrogen) atoms. The molecule has 4 rings (SSSR count). The van der Waals surface area contributed by atoms with Crippen LogP contribution in [0.3, 0.4) is 0 Å². The van der Waals surface area contributed by atoms with Gasteiger partial charge in [-0.15, -0.1) is 0 Å². The summed E-state index contributed by atoms with van der Waals surface area (Å²) in [5.41, 5.74) is 8.00. The quantitative estimate of drug-likeness (QED) is 0.885. The number of benzene rings is 1. The first-order valence-corrected chi connectivity index (χ1v) is 9.32. The lowest BCUT2D eigenvalue weighted by Crippen LogP contribution is -2.36. The zero-order valence-corrected chi connectivity index (χ0v) is 14.5. The van der Waals surface area contributed by atoms with Crippen molar-refractivity contribution >= 4 is 28.5 Å². The highest BCUT2D eigenvalue weighted by molar-refractivity contribution is 8.13. The maximum absolute atomic E-state index is 12.3. The molecule has 1 aromatic carbocycles. The molecule has 1 aromatic heterocycles. The summed E-state index contributed by atoms with van der Waals surface area (Å²) in [6, 6.07) is 9.54. The van der Waals surface area contributed by atoms with Crippen molar-refractivity contribution < 1.29 is 4.79 Å². The first-order valence-electron chi connectivity index (χ1n) is 8.33. The molecule has 1 aliphatic carbocycles. The van der Waals surface area contributed by atoms with Gasteiger partial charge in [-0.05, 0) is 42.5 Å². The van der Waals surface area contributed by atoms with E-state index in [0.29, 0.717) is 16.8 Å². The summed E-state index contributed by atoms with van der Waals surface area (Å²) in [7, 11) is 0. The molecule has 7 heteroatoms. The van der Waals surface area contributed by atoms with E-state index in [9.17, 15) is 4.79 Å². The number of amides is 1. The van der Waals surface area contributed by atoms with Gasteiger partial charge in [-0.2, -0.15) is 0 Å². The Hall–Kier alpha value is -2.41. The van der Waals surface area contributed by atoms with Crippen molar-refractivity contribution in [1.82, 2.24) is 9.97 Å². The Kier molecular flexibility index (Phi) is 4.17. The van der Waals surface area contributed by atoms with Gasteiger partial charge in [0, 0.05) is 17.6 Å². The third kappa shape index (κ3) is 3.00. The van der Waals surface area contributed by atoms with Gasteiger partial charge in [0.25, 0.3) is 5.91 Å². The van der Waals surface area contributed by atoms with Crippen LogP contribution in [0.15, 0.2) is 47.8 Å². The third-order valence-corrected chi connectivity index (χ3v) is 5.92. The smallest absolute Gasteiger partial charge is 0.274 e. The Morgan fingerprint density at radius 3 is 3.12 bits per heavy atom. The molecule has 1 unspecified atom stereocenters. The highest BCUT2D eigenvalue weighted by atomic mass is 32.2. The molecule has 1 fully saturated rings. The number of thioether (sulfide) groups is 1. The van der Waals surface area contributed by atoms with E-state index in [1.807, 2.05) is 18.2 Å². The fraction of sp³-hybridized carbons (Fsp3) is 0.333. The molecule has 3 N–H and O–H groups in total. The van der Waals surface area contributed by atoms with Crippen LogP contribution in [0, 0.1) is 5.92 Å². The number of aromatic nitrogens is 2. The number of fused-ring (bicyclic) bond motifs is 1. The average molecular weight is 353 g/mol. The van der Waals surface area contributed by atoms with E-state index >= 15 is 0 Å². The lowest BCUT2D eigenvalue weighted by molar-refractivity contribution is 0.102. The Morgan fingerprint density at radius 1 is 1.36 bits per heavy atom. The van der Waals surface area contributed by atoms with Gasteiger partial charge < -0.3 is 11.1 Å². The van der Waals surface area contributed by atoms with E-state index in [-0.39, 0.29) is 11.4 Å². The molecule has 0 spiro atoms. The van der Waals surface area contributed by atoms with Gasteiger partial charge in [-0.1, -0.05) is 30.3 Å². The lowest BCUT2D eigenvalue weighted by Gasteiger charge is -2.36. The summed E-state index contributed by atoms with van der Waals surface area (Å²) in [6.45, 7) is 0. The second-order valence-corrected chi connectivity index (χ2v) is 7.44. The van der Waals surface area contributed by atoms with E-state index in [0.717, 1.165) is 29.8 Å². The molecule has 6 nitrogen and oxygen atoms in total. The number of hydrogen-bond donors (Lipinski definition) is 2. The number of rotatable bonds is 3. The second kappa shape index (κ2) is 6.48. The zero-order chi connectivity index (χ0) is 17.3. The van der Waals surface area contributed by atoms with Gasteiger partial charge >= 0.3 is 0 Å². The molecule has 1 amide bonds. The van der Waals surface area contributed by atoms with Crippen LogP contribution in [0.2, 0.25) is 0 Å². The molecular formula is C18H19N5OS.